The van der Waals surface area contributed by atoms with E-state index in [2.05, 4.69) is 54.2 Å². The molecule has 7 heteroatoms. The Morgan fingerprint density at radius 3 is 1.10 bits per heavy atom. The predicted octanol–water partition coefficient (Wildman–Crippen LogP) is 18.7. The van der Waals surface area contributed by atoms with Crippen molar-refractivity contribution in [1.29, 1.82) is 0 Å². The van der Waals surface area contributed by atoms with E-state index in [4.69, 9.17) is 0 Å². The zero-order valence-corrected chi connectivity index (χ0v) is 49.8. The van der Waals surface area contributed by atoms with E-state index in [0.29, 0.717) is 18.4 Å². The van der Waals surface area contributed by atoms with Crippen LogP contribution in [0.3, 0.4) is 0 Å². The third-order valence-corrected chi connectivity index (χ3v) is 16.7. The number of hydrogen-bond donors (Lipinski definition) is 1. The first kappa shape index (κ1) is 68.8. The number of amides is 1. The largest absolute Gasteiger partial charge is 0.481 e. The molecule has 0 bridgehead atoms. The standard InChI is InChI=1S/C65H130N4O3/c1-6-11-16-20-24-25-26-27-28-32-36-41-51-66(52-44-38-33-40-49-63(65(71)72)48-39-15-10-5)57-50-62-47-46-56-69(60-62)64(70)61-68(55-45-37-31-23-19-14-9-4)59-58-67(53-42-34-29-21-17-12-7-2)54-43-35-30-22-18-13-8-3/h62-63H,6-61H2,1-5H3,(H,71,72). The van der Waals surface area contributed by atoms with Crippen molar-refractivity contribution < 1.29 is 14.7 Å². The van der Waals surface area contributed by atoms with Crippen LogP contribution in [0.5, 0.6) is 0 Å². The summed E-state index contributed by atoms with van der Waals surface area (Å²) in [6.45, 7) is 23.1. The molecule has 0 aromatic rings. The van der Waals surface area contributed by atoms with Crippen LogP contribution in [0.15, 0.2) is 0 Å². The Morgan fingerprint density at radius 2 is 0.708 bits per heavy atom. The van der Waals surface area contributed by atoms with E-state index >= 15 is 0 Å². The molecule has 1 saturated heterocycles. The second-order valence-electron chi connectivity index (χ2n) is 23.6. The van der Waals surface area contributed by atoms with Gasteiger partial charge in [-0.25, -0.2) is 0 Å². The molecule has 428 valence electrons. The molecule has 0 spiro atoms. The van der Waals surface area contributed by atoms with Crippen LogP contribution >= 0.6 is 0 Å². The van der Waals surface area contributed by atoms with Crippen molar-refractivity contribution >= 4 is 11.9 Å². The number of nitrogens with zero attached hydrogens (tertiary/aromatic N) is 4. The lowest BCUT2D eigenvalue weighted by atomic mass is 9.94. The fourth-order valence-electron chi connectivity index (χ4n) is 11.6. The first-order chi connectivity index (χ1) is 35.4. The third-order valence-electron chi connectivity index (χ3n) is 16.7. The Bertz CT molecular complexity index is 1120. The molecule has 2 unspecified atom stereocenters. The molecule has 0 radical (unpaired) electrons. The van der Waals surface area contributed by atoms with Crippen LogP contribution in [-0.4, -0.2) is 109 Å². The highest BCUT2D eigenvalue weighted by Gasteiger charge is 2.26. The van der Waals surface area contributed by atoms with Crippen molar-refractivity contribution in [3.05, 3.63) is 0 Å². The molecule has 1 aliphatic heterocycles. The summed E-state index contributed by atoms with van der Waals surface area (Å²) >= 11 is 0. The first-order valence-electron chi connectivity index (χ1n) is 33.1. The molecule has 2 atom stereocenters. The topological polar surface area (TPSA) is 67.3 Å². The van der Waals surface area contributed by atoms with Crippen LogP contribution in [0.25, 0.3) is 0 Å². The van der Waals surface area contributed by atoms with Crippen LogP contribution in [0.1, 0.15) is 324 Å². The number of unbranched alkanes of at least 4 members (excludes halogenated alkanes) is 34. The lowest BCUT2D eigenvalue weighted by Crippen LogP contribution is -2.47. The molecule has 1 heterocycles. The number of carboxylic acids is 1. The Kier molecular flexibility index (Phi) is 50.9. The van der Waals surface area contributed by atoms with Crippen molar-refractivity contribution in [2.24, 2.45) is 11.8 Å². The van der Waals surface area contributed by atoms with Gasteiger partial charge in [0, 0.05) is 26.2 Å². The molecule has 0 aliphatic carbocycles. The van der Waals surface area contributed by atoms with E-state index in [1.807, 2.05) is 0 Å². The van der Waals surface area contributed by atoms with Crippen LogP contribution in [0, 0.1) is 11.8 Å². The van der Waals surface area contributed by atoms with E-state index in [1.54, 1.807) is 0 Å². The van der Waals surface area contributed by atoms with E-state index in [0.717, 1.165) is 97.2 Å². The monoisotopic (exact) mass is 1020 g/mol. The maximum atomic E-state index is 14.3. The zero-order valence-electron chi connectivity index (χ0n) is 49.8. The SMILES string of the molecule is CCCCCCCCCCCCCCN(CCCCCCC(CCCCC)C(=O)O)CCC1CCCN(C(=O)CN(CCCCCCCCC)CCN(CCCCCCCCC)CCCCCCCCC)C1. The number of carbonyl (C=O) groups excluding carboxylic acids is 1. The van der Waals surface area contributed by atoms with Gasteiger partial charge < -0.3 is 19.8 Å². The summed E-state index contributed by atoms with van der Waals surface area (Å²) in [4.78, 5) is 36.6. The number of rotatable bonds is 57. The average molecular weight is 1020 g/mol. The molecular weight excluding hydrogens is 885 g/mol. The van der Waals surface area contributed by atoms with E-state index < -0.39 is 5.97 Å². The van der Waals surface area contributed by atoms with Gasteiger partial charge in [0.25, 0.3) is 0 Å². The minimum Gasteiger partial charge on any atom is -0.481 e. The molecule has 0 aromatic heterocycles. The number of carbonyl (C=O) groups is 2. The van der Waals surface area contributed by atoms with Crippen LogP contribution in [0.2, 0.25) is 0 Å². The zero-order chi connectivity index (χ0) is 52.2. The van der Waals surface area contributed by atoms with Gasteiger partial charge in [0.1, 0.15) is 0 Å². The summed E-state index contributed by atoms with van der Waals surface area (Å²) in [5.41, 5.74) is 0. The Morgan fingerprint density at radius 1 is 0.403 bits per heavy atom. The van der Waals surface area contributed by atoms with Crippen LogP contribution in [0.4, 0.5) is 0 Å². The minimum absolute atomic E-state index is 0.159. The Hall–Kier alpha value is -1.18. The molecular formula is C65H130N4O3. The molecule has 0 aromatic carbocycles. The number of hydrogen-bond acceptors (Lipinski definition) is 5. The highest BCUT2D eigenvalue weighted by Crippen LogP contribution is 2.23. The van der Waals surface area contributed by atoms with Crippen molar-refractivity contribution in [3.8, 4) is 0 Å². The summed E-state index contributed by atoms with van der Waals surface area (Å²) in [5.74, 6) is 0.239. The molecule has 1 amide bonds. The van der Waals surface area contributed by atoms with Crippen molar-refractivity contribution in [3.63, 3.8) is 0 Å². The fourth-order valence-corrected chi connectivity index (χ4v) is 11.6. The summed E-state index contributed by atoms with van der Waals surface area (Å²) in [6.07, 6.45) is 58.3. The predicted molar refractivity (Wildman–Crippen MR) is 317 cm³/mol. The lowest BCUT2D eigenvalue weighted by Gasteiger charge is -2.36. The molecule has 1 N–H and O–H groups in total. The van der Waals surface area contributed by atoms with Gasteiger partial charge in [-0.3, -0.25) is 14.5 Å². The fraction of sp³-hybridized carbons (Fsp3) is 0.969. The lowest BCUT2D eigenvalue weighted by molar-refractivity contribution is -0.142. The second-order valence-corrected chi connectivity index (χ2v) is 23.6. The van der Waals surface area contributed by atoms with Gasteiger partial charge in [-0.1, -0.05) is 259 Å². The smallest absolute Gasteiger partial charge is 0.306 e. The number of aliphatic carboxylic acids is 1. The maximum Gasteiger partial charge on any atom is 0.306 e. The van der Waals surface area contributed by atoms with E-state index in [9.17, 15) is 14.7 Å². The van der Waals surface area contributed by atoms with Crippen molar-refractivity contribution in [2.45, 2.75) is 324 Å². The summed E-state index contributed by atoms with van der Waals surface area (Å²) in [6, 6.07) is 0. The normalized spacial score (nSPS) is 14.7. The molecule has 72 heavy (non-hydrogen) atoms. The first-order valence-corrected chi connectivity index (χ1v) is 33.1. The molecule has 1 fully saturated rings. The van der Waals surface area contributed by atoms with Gasteiger partial charge in [-0.15, -0.1) is 0 Å². The van der Waals surface area contributed by atoms with Gasteiger partial charge in [0.05, 0.1) is 12.5 Å². The van der Waals surface area contributed by atoms with Gasteiger partial charge in [0.2, 0.25) is 5.91 Å². The van der Waals surface area contributed by atoms with Gasteiger partial charge in [-0.2, -0.15) is 0 Å². The molecule has 7 nitrogen and oxygen atoms in total. The van der Waals surface area contributed by atoms with Crippen LogP contribution in [-0.2, 0) is 9.59 Å². The number of carboxylic acid groups (broad SMARTS) is 1. The van der Waals surface area contributed by atoms with E-state index in [1.165, 1.54) is 257 Å². The maximum absolute atomic E-state index is 14.3. The highest BCUT2D eigenvalue weighted by molar-refractivity contribution is 5.78. The van der Waals surface area contributed by atoms with Gasteiger partial charge in [-0.05, 0) is 109 Å². The molecule has 1 aliphatic rings. The van der Waals surface area contributed by atoms with Gasteiger partial charge >= 0.3 is 5.97 Å². The second kappa shape index (κ2) is 53.2. The quantitative estimate of drug-likeness (QED) is 0.0613. The molecule has 1 rings (SSSR count). The third kappa shape index (κ3) is 43.0. The highest BCUT2D eigenvalue weighted by atomic mass is 16.4. The van der Waals surface area contributed by atoms with Gasteiger partial charge in [0.15, 0.2) is 0 Å². The average Bonchev–Trinajstić information content (AvgIpc) is 3.38. The van der Waals surface area contributed by atoms with E-state index in [-0.39, 0.29) is 5.92 Å². The Balaban J connectivity index is 2.85. The summed E-state index contributed by atoms with van der Waals surface area (Å²) in [7, 11) is 0. The summed E-state index contributed by atoms with van der Waals surface area (Å²) < 4.78 is 0. The Labute approximate surface area is 451 Å². The van der Waals surface area contributed by atoms with Crippen LogP contribution < -0.4 is 0 Å². The number of piperidine rings is 1. The molecule has 0 saturated carbocycles. The van der Waals surface area contributed by atoms with Crippen molar-refractivity contribution in [1.82, 2.24) is 19.6 Å². The minimum atomic E-state index is -0.589. The number of likely N-dealkylation sites (tertiary alicyclic amines) is 1. The summed E-state index contributed by atoms with van der Waals surface area (Å²) in [5, 5.41) is 9.79. The van der Waals surface area contributed by atoms with Crippen molar-refractivity contribution in [2.75, 3.05) is 72.0 Å².